The van der Waals surface area contributed by atoms with Crippen LogP contribution in [-0.4, -0.2) is 36.9 Å². The zero-order valence-electron chi connectivity index (χ0n) is 11.7. The highest BCUT2D eigenvalue weighted by molar-refractivity contribution is 5.76. The first-order valence-corrected chi connectivity index (χ1v) is 7.51. The van der Waals surface area contributed by atoms with Crippen LogP contribution in [0.4, 0.5) is 0 Å². The van der Waals surface area contributed by atoms with Gasteiger partial charge in [0, 0.05) is 5.41 Å². The van der Waals surface area contributed by atoms with E-state index in [-0.39, 0.29) is 5.41 Å². The van der Waals surface area contributed by atoms with Crippen LogP contribution in [0.25, 0.3) is 0 Å². The molecule has 20 heavy (non-hydrogen) atoms. The lowest BCUT2D eigenvalue weighted by molar-refractivity contribution is -0.166. The van der Waals surface area contributed by atoms with Gasteiger partial charge in [0.2, 0.25) is 0 Å². The number of hydrogen-bond donors (Lipinski definition) is 1. The quantitative estimate of drug-likeness (QED) is 0.769. The minimum absolute atomic E-state index is 0.186. The van der Waals surface area contributed by atoms with Gasteiger partial charge < -0.3 is 14.6 Å². The molecule has 0 saturated heterocycles. The Bertz CT molecular complexity index is 368. The fourth-order valence-electron chi connectivity index (χ4n) is 4.93. The summed E-state index contributed by atoms with van der Waals surface area (Å²) in [5.74, 6) is 1.17. The lowest BCUT2D eigenvalue weighted by Gasteiger charge is -2.56. The van der Waals surface area contributed by atoms with Gasteiger partial charge in [-0.25, -0.2) is 9.59 Å². The third-order valence-electron chi connectivity index (χ3n) is 5.18. The molecule has 0 heterocycles. The molecular formula is C15H22O5. The van der Waals surface area contributed by atoms with Crippen LogP contribution in [0.3, 0.4) is 0 Å². The number of rotatable bonds is 5. The van der Waals surface area contributed by atoms with Gasteiger partial charge >= 0.3 is 11.9 Å². The number of carbonyl (C=O) groups excluding carboxylic acids is 2. The SMILES string of the molecule is O=C(CO)OCC(=O)OCC12CC3CC(CC(C3)C1)C2. The van der Waals surface area contributed by atoms with E-state index in [4.69, 9.17) is 9.84 Å². The second-order valence-corrected chi connectivity index (χ2v) is 6.90. The van der Waals surface area contributed by atoms with Crippen molar-refractivity contribution in [3.8, 4) is 0 Å². The van der Waals surface area contributed by atoms with Crippen LogP contribution in [0, 0.1) is 23.2 Å². The van der Waals surface area contributed by atoms with Gasteiger partial charge in [-0.3, -0.25) is 0 Å². The molecule has 0 atom stereocenters. The van der Waals surface area contributed by atoms with Crippen molar-refractivity contribution in [1.82, 2.24) is 0 Å². The summed E-state index contributed by atoms with van der Waals surface area (Å²) in [5, 5.41) is 8.50. The zero-order valence-corrected chi connectivity index (χ0v) is 11.7. The first-order valence-electron chi connectivity index (χ1n) is 7.51. The molecule has 112 valence electrons. The normalized spacial score (nSPS) is 37.8. The third-order valence-corrected chi connectivity index (χ3v) is 5.18. The van der Waals surface area contributed by atoms with Crippen LogP contribution < -0.4 is 0 Å². The number of ether oxygens (including phenoxy) is 2. The largest absolute Gasteiger partial charge is 0.463 e. The van der Waals surface area contributed by atoms with E-state index >= 15 is 0 Å². The minimum atomic E-state index is -0.795. The summed E-state index contributed by atoms with van der Waals surface area (Å²) in [7, 11) is 0. The number of hydrogen-bond acceptors (Lipinski definition) is 5. The van der Waals surface area contributed by atoms with Gasteiger partial charge in [-0.15, -0.1) is 0 Å². The Morgan fingerprint density at radius 2 is 1.50 bits per heavy atom. The summed E-state index contributed by atoms with van der Waals surface area (Å²) in [5.41, 5.74) is 0.186. The summed E-state index contributed by atoms with van der Waals surface area (Å²) >= 11 is 0. The molecule has 4 fully saturated rings. The zero-order chi connectivity index (χ0) is 14.2. The van der Waals surface area contributed by atoms with Crippen LogP contribution in [-0.2, 0) is 19.1 Å². The molecule has 5 heteroatoms. The summed E-state index contributed by atoms with van der Waals surface area (Å²) in [6.07, 6.45) is 7.64. The maximum absolute atomic E-state index is 11.6. The maximum atomic E-state index is 11.6. The summed E-state index contributed by atoms with van der Waals surface area (Å²) < 4.78 is 9.88. The smallest absolute Gasteiger partial charge is 0.344 e. The number of aliphatic hydroxyl groups is 1. The fourth-order valence-corrected chi connectivity index (χ4v) is 4.93. The van der Waals surface area contributed by atoms with E-state index in [9.17, 15) is 9.59 Å². The van der Waals surface area contributed by atoms with Crippen molar-refractivity contribution in [2.45, 2.75) is 38.5 Å². The van der Waals surface area contributed by atoms with E-state index < -0.39 is 25.2 Å². The molecule has 0 amide bonds. The van der Waals surface area contributed by atoms with E-state index in [1.54, 1.807) is 0 Å². The fraction of sp³-hybridized carbons (Fsp3) is 0.867. The first-order chi connectivity index (χ1) is 9.58. The van der Waals surface area contributed by atoms with Gasteiger partial charge in [0.25, 0.3) is 0 Å². The van der Waals surface area contributed by atoms with Crippen LogP contribution in [0.1, 0.15) is 38.5 Å². The van der Waals surface area contributed by atoms with Gasteiger partial charge in [-0.05, 0) is 56.3 Å². The maximum Gasteiger partial charge on any atom is 0.344 e. The standard InChI is InChI=1S/C15H22O5/c16-7-13(17)19-8-14(18)20-9-15-4-10-1-11(5-15)3-12(2-10)6-15/h10-12,16H,1-9H2. The molecule has 0 aromatic heterocycles. The molecule has 5 nitrogen and oxygen atoms in total. The summed E-state index contributed by atoms with van der Waals surface area (Å²) in [4.78, 5) is 22.3. The highest BCUT2D eigenvalue weighted by Crippen LogP contribution is 2.59. The van der Waals surface area contributed by atoms with E-state index in [2.05, 4.69) is 4.74 Å². The Morgan fingerprint density at radius 1 is 0.950 bits per heavy atom. The highest BCUT2D eigenvalue weighted by atomic mass is 16.6. The third kappa shape index (κ3) is 2.82. The second kappa shape index (κ2) is 5.35. The monoisotopic (exact) mass is 282 g/mol. The molecule has 0 aliphatic heterocycles. The Labute approximate surface area is 118 Å². The van der Waals surface area contributed by atoms with Crippen molar-refractivity contribution in [1.29, 1.82) is 0 Å². The van der Waals surface area contributed by atoms with Gasteiger partial charge in [0.05, 0.1) is 6.61 Å². The average Bonchev–Trinajstić information content (AvgIpc) is 2.41. The number of esters is 2. The molecule has 0 radical (unpaired) electrons. The van der Waals surface area contributed by atoms with Crippen molar-refractivity contribution in [3.05, 3.63) is 0 Å². The van der Waals surface area contributed by atoms with Crippen LogP contribution in [0.2, 0.25) is 0 Å². The van der Waals surface area contributed by atoms with Crippen molar-refractivity contribution >= 4 is 11.9 Å². The van der Waals surface area contributed by atoms with Crippen LogP contribution in [0.15, 0.2) is 0 Å². The summed E-state index contributed by atoms with van der Waals surface area (Å²) in [6.45, 7) is -0.639. The van der Waals surface area contributed by atoms with E-state index in [0.717, 1.165) is 17.8 Å². The Kier molecular flexibility index (Phi) is 3.71. The van der Waals surface area contributed by atoms with E-state index in [1.165, 1.54) is 38.5 Å². The molecule has 0 aromatic rings. The van der Waals surface area contributed by atoms with Gasteiger partial charge in [-0.2, -0.15) is 0 Å². The molecule has 0 unspecified atom stereocenters. The molecule has 0 spiro atoms. The lowest BCUT2D eigenvalue weighted by atomic mass is 9.50. The van der Waals surface area contributed by atoms with E-state index in [1.807, 2.05) is 0 Å². The number of aliphatic hydroxyl groups excluding tert-OH is 1. The Hall–Kier alpha value is -1.10. The molecule has 0 aromatic carbocycles. The first kappa shape index (κ1) is 13.9. The van der Waals surface area contributed by atoms with Crippen molar-refractivity contribution in [2.75, 3.05) is 19.8 Å². The van der Waals surface area contributed by atoms with Gasteiger partial charge in [0.1, 0.15) is 6.61 Å². The molecule has 1 N–H and O–H groups in total. The predicted octanol–water partition coefficient (Wildman–Crippen LogP) is 1.28. The topological polar surface area (TPSA) is 72.8 Å². The number of carbonyl (C=O) groups is 2. The van der Waals surface area contributed by atoms with Crippen molar-refractivity contribution in [2.24, 2.45) is 23.2 Å². The van der Waals surface area contributed by atoms with Crippen molar-refractivity contribution in [3.63, 3.8) is 0 Å². The van der Waals surface area contributed by atoms with E-state index in [0.29, 0.717) is 6.61 Å². The molecular weight excluding hydrogens is 260 g/mol. The average molecular weight is 282 g/mol. The van der Waals surface area contributed by atoms with Crippen LogP contribution in [0.5, 0.6) is 0 Å². The minimum Gasteiger partial charge on any atom is -0.463 e. The van der Waals surface area contributed by atoms with Gasteiger partial charge in [-0.1, -0.05) is 0 Å². The Morgan fingerprint density at radius 3 is 2.00 bits per heavy atom. The highest BCUT2D eigenvalue weighted by Gasteiger charge is 2.51. The Balaban J connectivity index is 1.48. The molecule has 4 saturated carbocycles. The second-order valence-electron chi connectivity index (χ2n) is 6.90. The lowest BCUT2D eigenvalue weighted by Crippen LogP contribution is -2.48. The molecule has 4 aliphatic rings. The van der Waals surface area contributed by atoms with Crippen molar-refractivity contribution < 1.29 is 24.2 Å². The molecule has 4 rings (SSSR count). The van der Waals surface area contributed by atoms with Crippen LogP contribution >= 0.6 is 0 Å². The molecule has 4 aliphatic carbocycles. The predicted molar refractivity (Wildman–Crippen MR) is 69.6 cm³/mol. The molecule has 4 bridgehead atoms. The van der Waals surface area contributed by atoms with Gasteiger partial charge in [0.15, 0.2) is 6.61 Å². The summed E-state index contributed by atoms with van der Waals surface area (Å²) in [6, 6.07) is 0.